The van der Waals surface area contributed by atoms with E-state index in [4.69, 9.17) is 0 Å². The summed E-state index contributed by atoms with van der Waals surface area (Å²) >= 11 is 0. The van der Waals surface area contributed by atoms with Gasteiger partial charge in [-0.2, -0.15) is 0 Å². The third-order valence-corrected chi connectivity index (χ3v) is 5.68. The third kappa shape index (κ3) is 4.46. The van der Waals surface area contributed by atoms with Crippen LogP contribution in [0.3, 0.4) is 0 Å². The Morgan fingerprint density at radius 1 is 1.14 bits per heavy atom. The second-order valence-electron chi connectivity index (χ2n) is 6.60. The lowest BCUT2D eigenvalue weighted by atomic mass is 9.91. The zero-order valence-corrected chi connectivity index (χ0v) is 14.7. The highest BCUT2D eigenvalue weighted by atomic mass is 32.2. The van der Waals surface area contributed by atoms with Crippen LogP contribution in [0, 0.1) is 11.8 Å². The lowest BCUT2D eigenvalue weighted by molar-refractivity contribution is 0.357. The van der Waals surface area contributed by atoms with Crippen LogP contribution in [0.2, 0.25) is 0 Å². The first kappa shape index (κ1) is 17.3. The Hall–Kier alpha value is -1.07. The molecule has 0 saturated carbocycles. The molecule has 1 saturated heterocycles. The first-order chi connectivity index (χ1) is 10.4. The molecule has 0 radical (unpaired) electrons. The SMILES string of the molecule is CCCCNS(=O)(=O)c1ccc(N2C[C@H](C)C[C@H](C)C2)cc1. The lowest BCUT2D eigenvalue weighted by Gasteiger charge is -2.36. The van der Waals surface area contributed by atoms with Crippen molar-refractivity contribution in [3.63, 3.8) is 0 Å². The second-order valence-corrected chi connectivity index (χ2v) is 8.36. The van der Waals surface area contributed by atoms with Crippen LogP contribution in [-0.2, 0) is 10.0 Å². The van der Waals surface area contributed by atoms with Gasteiger partial charge in [-0.15, -0.1) is 0 Å². The van der Waals surface area contributed by atoms with Crippen molar-refractivity contribution >= 4 is 15.7 Å². The monoisotopic (exact) mass is 324 g/mol. The number of sulfonamides is 1. The van der Waals surface area contributed by atoms with E-state index >= 15 is 0 Å². The summed E-state index contributed by atoms with van der Waals surface area (Å²) in [5, 5.41) is 0. The summed E-state index contributed by atoms with van der Waals surface area (Å²) < 4.78 is 27.0. The predicted molar refractivity (Wildman–Crippen MR) is 91.7 cm³/mol. The fraction of sp³-hybridized carbons (Fsp3) is 0.647. The zero-order chi connectivity index (χ0) is 16.2. The number of anilines is 1. The van der Waals surface area contributed by atoms with Gasteiger partial charge in [-0.1, -0.05) is 27.2 Å². The van der Waals surface area contributed by atoms with Gasteiger partial charge in [0.05, 0.1) is 4.90 Å². The van der Waals surface area contributed by atoms with Gasteiger partial charge in [0.1, 0.15) is 0 Å². The molecule has 1 aliphatic rings. The number of nitrogens with zero attached hydrogens (tertiary/aromatic N) is 1. The van der Waals surface area contributed by atoms with E-state index in [1.165, 1.54) is 6.42 Å². The maximum Gasteiger partial charge on any atom is 0.240 e. The van der Waals surface area contributed by atoms with Gasteiger partial charge in [-0.05, 0) is 48.9 Å². The van der Waals surface area contributed by atoms with E-state index in [1.807, 2.05) is 19.1 Å². The predicted octanol–water partition coefficient (Wildman–Crippen LogP) is 3.25. The van der Waals surface area contributed by atoms with Gasteiger partial charge < -0.3 is 4.90 Å². The minimum Gasteiger partial charge on any atom is -0.371 e. The summed E-state index contributed by atoms with van der Waals surface area (Å²) in [7, 11) is -3.37. The van der Waals surface area contributed by atoms with E-state index in [2.05, 4.69) is 23.5 Å². The molecule has 4 nitrogen and oxygen atoms in total. The number of hydrogen-bond acceptors (Lipinski definition) is 3. The highest BCUT2D eigenvalue weighted by molar-refractivity contribution is 7.89. The molecule has 0 bridgehead atoms. The molecule has 22 heavy (non-hydrogen) atoms. The molecular weight excluding hydrogens is 296 g/mol. The quantitative estimate of drug-likeness (QED) is 0.817. The largest absolute Gasteiger partial charge is 0.371 e. The van der Waals surface area contributed by atoms with E-state index in [1.54, 1.807) is 12.1 Å². The normalized spacial score (nSPS) is 22.8. The Kier molecular flexibility index (Phi) is 5.87. The molecule has 0 aromatic heterocycles. The van der Waals surface area contributed by atoms with Crippen LogP contribution in [-0.4, -0.2) is 28.1 Å². The number of rotatable bonds is 6. The van der Waals surface area contributed by atoms with Crippen molar-refractivity contribution in [3.8, 4) is 0 Å². The summed E-state index contributed by atoms with van der Waals surface area (Å²) in [5.74, 6) is 1.37. The number of nitrogens with one attached hydrogen (secondary N) is 1. The molecule has 2 atom stereocenters. The third-order valence-electron chi connectivity index (χ3n) is 4.20. The lowest BCUT2D eigenvalue weighted by Crippen LogP contribution is -2.38. The van der Waals surface area contributed by atoms with Crippen molar-refractivity contribution in [2.45, 2.75) is 44.9 Å². The van der Waals surface area contributed by atoms with Crippen LogP contribution < -0.4 is 9.62 Å². The van der Waals surface area contributed by atoms with Gasteiger partial charge in [-0.25, -0.2) is 13.1 Å². The first-order valence-corrected chi connectivity index (χ1v) is 9.75. The van der Waals surface area contributed by atoms with Crippen LogP contribution in [0.1, 0.15) is 40.0 Å². The van der Waals surface area contributed by atoms with Gasteiger partial charge in [-0.3, -0.25) is 0 Å². The maximum atomic E-state index is 12.2. The molecule has 124 valence electrons. The Balaban J connectivity index is 2.06. The standard InChI is InChI=1S/C17H28N2O2S/c1-4-5-10-18-22(20,21)17-8-6-16(7-9-17)19-12-14(2)11-15(3)13-19/h6-9,14-15,18H,4-5,10-13H2,1-3H3/t14-,15+. The van der Waals surface area contributed by atoms with Crippen LogP contribution in [0.5, 0.6) is 0 Å². The van der Waals surface area contributed by atoms with E-state index in [9.17, 15) is 8.42 Å². The van der Waals surface area contributed by atoms with Crippen LogP contribution in [0.25, 0.3) is 0 Å². The van der Waals surface area contributed by atoms with E-state index in [0.29, 0.717) is 23.3 Å². The van der Waals surface area contributed by atoms with Crippen molar-refractivity contribution in [2.24, 2.45) is 11.8 Å². The average molecular weight is 324 g/mol. The molecule has 2 rings (SSSR count). The molecule has 1 N–H and O–H groups in total. The Morgan fingerprint density at radius 2 is 1.73 bits per heavy atom. The zero-order valence-electron chi connectivity index (χ0n) is 13.9. The summed E-state index contributed by atoms with van der Waals surface area (Å²) in [6.07, 6.45) is 3.11. The molecule has 0 aliphatic carbocycles. The van der Waals surface area contributed by atoms with Crippen molar-refractivity contribution in [1.29, 1.82) is 0 Å². The van der Waals surface area contributed by atoms with E-state index in [0.717, 1.165) is 31.6 Å². The fourth-order valence-corrected chi connectivity index (χ4v) is 4.25. The Bertz CT molecular complexity index is 559. The van der Waals surface area contributed by atoms with Crippen molar-refractivity contribution in [2.75, 3.05) is 24.5 Å². The summed E-state index contributed by atoms with van der Waals surface area (Å²) in [4.78, 5) is 2.71. The molecule has 0 unspecified atom stereocenters. The van der Waals surface area contributed by atoms with Gasteiger partial charge in [0.25, 0.3) is 0 Å². The van der Waals surface area contributed by atoms with Crippen LogP contribution >= 0.6 is 0 Å². The first-order valence-electron chi connectivity index (χ1n) is 8.27. The minimum atomic E-state index is -3.37. The maximum absolute atomic E-state index is 12.2. The van der Waals surface area contributed by atoms with Gasteiger partial charge in [0, 0.05) is 25.3 Å². The van der Waals surface area contributed by atoms with E-state index < -0.39 is 10.0 Å². The molecular formula is C17H28N2O2S. The molecule has 1 aliphatic heterocycles. The summed E-state index contributed by atoms with van der Waals surface area (Å²) in [6.45, 7) is 9.19. The van der Waals surface area contributed by atoms with Crippen molar-refractivity contribution in [3.05, 3.63) is 24.3 Å². The summed E-state index contributed by atoms with van der Waals surface area (Å²) in [5.41, 5.74) is 1.12. The Labute approximate surface area is 135 Å². The molecule has 1 fully saturated rings. The molecule has 0 spiro atoms. The number of unbranched alkanes of at least 4 members (excludes halogenated alkanes) is 1. The number of hydrogen-bond donors (Lipinski definition) is 1. The minimum absolute atomic E-state index is 0.352. The van der Waals surface area contributed by atoms with Gasteiger partial charge in [0.15, 0.2) is 0 Å². The van der Waals surface area contributed by atoms with Gasteiger partial charge >= 0.3 is 0 Å². The molecule has 5 heteroatoms. The van der Waals surface area contributed by atoms with Gasteiger partial charge in [0.2, 0.25) is 10.0 Å². The highest BCUT2D eigenvalue weighted by Gasteiger charge is 2.22. The highest BCUT2D eigenvalue weighted by Crippen LogP contribution is 2.27. The second kappa shape index (κ2) is 7.47. The molecule has 1 aromatic rings. The average Bonchev–Trinajstić information content (AvgIpc) is 2.46. The van der Waals surface area contributed by atoms with Crippen molar-refractivity contribution in [1.82, 2.24) is 4.72 Å². The smallest absolute Gasteiger partial charge is 0.240 e. The fourth-order valence-electron chi connectivity index (χ4n) is 3.18. The van der Waals surface area contributed by atoms with Crippen LogP contribution in [0.15, 0.2) is 29.2 Å². The molecule has 1 heterocycles. The number of benzene rings is 1. The molecule has 1 aromatic carbocycles. The van der Waals surface area contributed by atoms with E-state index in [-0.39, 0.29) is 0 Å². The number of piperidine rings is 1. The topological polar surface area (TPSA) is 49.4 Å². The molecule has 0 amide bonds. The summed E-state index contributed by atoms with van der Waals surface area (Å²) in [6, 6.07) is 7.29. The van der Waals surface area contributed by atoms with Crippen LogP contribution in [0.4, 0.5) is 5.69 Å². The van der Waals surface area contributed by atoms with Crippen molar-refractivity contribution < 1.29 is 8.42 Å². The Morgan fingerprint density at radius 3 is 2.27 bits per heavy atom.